The predicted octanol–water partition coefficient (Wildman–Crippen LogP) is 3.41. The minimum Gasteiger partial charge on any atom is -0.264 e. The van der Waals surface area contributed by atoms with Crippen LogP contribution in [0.3, 0.4) is 0 Å². The normalized spacial score (nSPS) is 17.4. The summed E-state index contributed by atoms with van der Waals surface area (Å²) >= 11 is 0. The highest BCUT2D eigenvalue weighted by molar-refractivity contribution is 7.91. The summed E-state index contributed by atoms with van der Waals surface area (Å²) in [6, 6.07) is 10.3. The van der Waals surface area contributed by atoms with Gasteiger partial charge in [-0.15, -0.1) is 0 Å². The van der Waals surface area contributed by atoms with E-state index in [0.29, 0.717) is 10.8 Å². The molecular formula is C20H26N2O3S2. The summed E-state index contributed by atoms with van der Waals surface area (Å²) in [5.74, 6) is 0.540. The number of hydrogen-bond acceptors (Lipinski definition) is 4. The topological polar surface area (TPSA) is 76.1 Å². The quantitative estimate of drug-likeness (QED) is 0.764. The van der Waals surface area contributed by atoms with Gasteiger partial charge in [0.2, 0.25) is 0 Å². The minimum absolute atomic E-state index is 0.227. The van der Waals surface area contributed by atoms with Gasteiger partial charge in [-0.2, -0.15) is 0 Å². The molecule has 5 nitrogen and oxygen atoms in total. The lowest BCUT2D eigenvalue weighted by Crippen LogP contribution is -2.36. The molecule has 0 saturated heterocycles. The van der Waals surface area contributed by atoms with Crippen LogP contribution in [0.2, 0.25) is 0 Å². The maximum atomic E-state index is 12.7. The summed E-state index contributed by atoms with van der Waals surface area (Å²) < 4.78 is 40.3. The Bertz CT molecular complexity index is 900. The van der Waals surface area contributed by atoms with E-state index in [2.05, 4.69) is 9.71 Å². The van der Waals surface area contributed by atoms with Crippen LogP contribution >= 0.6 is 0 Å². The zero-order valence-electron chi connectivity index (χ0n) is 15.9. The fourth-order valence-corrected chi connectivity index (χ4v) is 5.25. The number of aromatic nitrogens is 1. The smallest absolute Gasteiger partial charge is 0.178 e. The summed E-state index contributed by atoms with van der Waals surface area (Å²) in [5, 5.41) is 0. The Morgan fingerprint density at radius 2 is 1.81 bits per heavy atom. The highest BCUT2D eigenvalue weighted by atomic mass is 32.2. The summed E-state index contributed by atoms with van der Waals surface area (Å²) in [6.07, 6.45) is 5.43. The van der Waals surface area contributed by atoms with E-state index in [0.717, 1.165) is 24.0 Å². The van der Waals surface area contributed by atoms with E-state index in [1.54, 1.807) is 36.7 Å². The van der Waals surface area contributed by atoms with Gasteiger partial charge in [-0.3, -0.25) is 4.98 Å². The number of sulfone groups is 1. The van der Waals surface area contributed by atoms with E-state index in [1.165, 1.54) is 0 Å². The SMILES string of the molecule is CC(C)(C)S(=O)NC(c1ccc(S(=O)(=O)CC2CC2)cc1)c1cccnc1. The Kier molecular flexibility index (Phi) is 5.84. The predicted molar refractivity (Wildman–Crippen MR) is 108 cm³/mol. The van der Waals surface area contributed by atoms with Crippen molar-refractivity contribution in [3.05, 3.63) is 59.9 Å². The number of nitrogens with one attached hydrogen (secondary N) is 1. The summed E-state index contributed by atoms with van der Waals surface area (Å²) in [6.45, 7) is 5.72. The largest absolute Gasteiger partial charge is 0.264 e. The summed E-state index contributed by atoms with van der Waals surface area (Å²) in [4.78, 5) is 4.51. The molecule has 0 radical (unpaired) electrons. The van der Waals surface area contributed by atoms with Crippen LogP contribution in [0.4, 0.5) is 0 Å². The minimum atomic E-state index is -3.24. The maximum Gasteiger partial charge on any atom is 0.178 e. The molecule has 0 amide bonds. The fraction of sp³-hybridized carbons (Fsp3) is 0.450. The van der Waals surface area contributed by atoms with E-state index >= 15 is 0 Å². The molecule has 1 aliphatic carbocycles. The first-order valence-electron chi connectivity index (χ1n) is 9.07. The lowest BCUT2D eigenvalue weighted by molar-refractivity contribution is 0.592. The van der Waals surface area contributed by atoms with Crippen molar-refractivity contribution in [2.24, 2.45) is 5.92 Å². The molecule has 3 rings (SSSR count). The van der Waals surface area contributed by atoms with E-state index in [-0.39, 0.29) is 11.8 Å². The fourth-order valence-electron chi connectivity index (χ4n) is 2.72. The van der Waals surface area contributed by atoms with Gasteiger partial charge in [-0.25, -0.2) is 17.3 Å². The van der Waals surface area contributed by atoms with Crippen LogP contribution in [0, 0.1) is 5.92 Å². The van der Waals surface area contributed by atoms with Crippen LogP contribution in [0.15, 0.2) is 53.7 Å². The molecule has 1 aromatic carbocycles. The maximum absolute atomic E-state index is 12.7. The van der Waals surface area contributed by atoms with Gasteiger partial charge in [0, 0.05) is 12.4 Å². The van der Waals surface area contributed by atoms with E-state index in [1.807, 2.05) is 32.9 Å². The lowest BCUT2D eigenvalue weighted by Gasteiger charge is -2.25. The van der Waals surface area contributed by atoms with Crippen LogP contribution in [-0.4, -0.2) is 28.1 Å². The van der Waals surface area contributed by atoms with Crippen LogP contribution in [0.5, 0.6) is 0 Å². The highest BCUT2D eigenvalue weighted by Crippen LogP contribution is 2.33. The van der Waals surface area contributed by atoms with Gasteiger partial charge in [-0.05, 0) is 68.9 Å². The molecule has 1 fully saturated rings. The van der Waals surface area contributed by atoms with Gasteiger partial charge in [0.15, 0.2) is 9.84 Å². The van der Waals surface area contributed by atoms with Gasteiger partial charge in [-0.1, -0.05) is 18.2 Å². The van der Waals surface area contributed by atoms with Gasteiger partial charge >= 0.3 is 0 Å². The summed E-state index contributed by atoms with van der Waals surface area (Å²) in [5.41, 5.74) is 1.73. The third kappa shape index (κ3) is 5.24. The van der Waals surface area contributed by atoms with E-state index in [4.69, 9.17) is 0 Å². The van der Waals surface area contributed by atoms with E-state index < -0.39 is 25.6 Å². The average molecular weight is 407 g/mol. The van der Waals surface area contributed by atoms with Crippen molar-refractivity contribution in [3.63, 3.8) is 0 Å². The van der Waals surface area contributed by atoms with Crippen molar-refractivity contribution >= 4 is 20.8 Å². The first-order valence-corrected chi connectivity index (χ1v) is 11.9. The Morgan fingerprint density at radius 3 is 2.33 bits per heavy atom. The molecule has 1 aliphatic rings. The van der Waals surface area contributed by atoms with Crippen molar-refractivity contribution in [1.82, 2.24) is 9.71 Å². The monoisotopic (exact) mass is 406 g/mol. The second kappa shape index (κ2) is 7.81. The molecule has 0 aliphatic heterocycles. The van der Waals surface area contributed by atoms with Crippen molar-refractivity contribution in [1.29, 1.82) is 0 Å². The highest BCUT2D eigenvalue weighted by Gasteiger charge is 2.29. The van der Waals surface area contributed by atoms with E-state index in [9.17, 15) is 12.6 Å². The molecule has 1 aromatic heterocycles. The summed E-state index contributed by atoms with van der Waals surface area (Å²) in [7, 11) is -4.53. The van der Waals surface area contributed by atoms with Crippen molar-refractivity contribution in [3.8, 4) is 0 Å². The number of rotatable bonds is 7. The standard InChI is InChI=1S/C20H26N2O3S2/c1-20(2,3)26(23)22-19(17-5-4-12-21-13-17)16-8-10-18(11-9-16)27(24,25)14-15-6-7-15/h4-5,8-13,15,19,22H,6-7,14H2,1-3H3. The average Bonchev–Trinajstić information content (AvgIpc) is 3.43. The third-order valence-corrected chi connectivity index (χ3v) is 7.99. The van der Waals surface area contributed by atoms with Crippen LogP contribution in [-0.2, 0) is 20.8 Å². The molecular weight excluding hydrogens is 380 g/mol. The molecule has 1 saturated carbocycles. The van der Waals surface area contributed by atoms with Crippen LogP contribution in [0.1, 0.15) is 50.8 Å². The van der Waals surface area contributed by atoms with Gasteiger partial charge in [0.05, 0.1) is 32.4 Å². The second-order valence-electron chi connectivity index (χ2n) is 8.01. The number of hydrogen-bond donors (Lipinski definition) is 1. The lowest BCUT2D eigenvalue weighted by atomic mass is 10.0. The zero-order chi connectivity index (χ0) is 19.7. The third-order valence-electron chi connectivity index (χ3n) is 4.52. The molecule has 1 N–H and O–H groups in total. The number of pyridine rings is 1. The van der Waals surface area contributed by atoms with Crippen LogP contribution in [0.25, 0.3) is 0 Å². The number of benzene rings is 1. The first kappa shape index (κ1) is 20.2. The number of nitrogens with zero attached hydrogens (tertiary/aromatic N) is 1. The van der Waals surface area contributed by atoms with Gasteiger partial charge in [0.1, 0.15) is 0 Å². The Hall–Kier alpha value is -1.57. The molecule has 2 aromatic rings. The Labute approximate surface area is 164 Å². The Morgan fingerprint density at radius 1 is 1.15 bits per heavy atom. The zero-order valence-corrected chi connectivity index (χ0v) is 17.5. The molecule has 2 atom stereocenters. The molecule has 27 heavy (non-hydrogen) atoms. The van der Waals surface area contributed by atoms with Crippen molar-refractivity contribution in [2.75, 3.05) is 5.75 Å². The van der Waals surface area contributed by atoms with Crippen LogP contribution < -0.4 is 4.72 Å². The molecule has 146 valence electrons. The second-order valence-corrected chi connectivity index (χ2v) is 12.0. The first-order chi connectivity index (χ1) is 12.7. The molecule has 2 unspecified atom stereocenters. The van der Waals surface area contributed by atoms with Crippen molar-refractivity contribution < 1.29 is 12.6 Å². The van der Waals surface area contributed by atoms with Gasteiger partial charge < -0.3 is 0 Å². The molecule has 1 heterocycles. The van der Waals surface area contributed by atoms with Gasteiger partial charge in [0.25, 0.3) is 0 Å². The molecule has 0 bridgehead atoms. The molecule has 7 heteroatoms. The molecule has 0 spiro atoms. The Balaban J connectivity index is 1.89. The van der Waals surface area contributed by atoms with Crippen molar-refractivity contribution in [2.45, 2.75) is 49.3 Å².